The predicted octanol–water partition coefficient (Wildman–Crippen LogP) is 3.92. The quantitative estimate of drug-likeness (QED) is 0.836. The number of pyridine rings is 1. The summed E-state index contributed by atoms with van der Waals surface area (Å²) in [6.45, 7) is 0. The average Bonchev–Trinajstić information content (AvgIpc) is 2.36. The van der Waals surface area contributed by atoms with E-state index in [2.05, 4.69) is 4.98 Å². The van der Waals surface area contributed by atoms with Crippen molar-refractivity contribution in [3.8, 4) is 11.3 Å². The van der Waals surface area contributed by atoms with Crippen molar-refractivity contribution in [2.24, 2.45) is 0 Å². The summed E-state index contributed by atoms with van der Waals surface area (Å²) in [6, 6.07) is 4.60. The van der Waals surface area contributed by atoms with Crippen LogP contribution in [0.25, 0.3) is 11.3 Å². The number of aromatic nitrogens is 1. The molecule has 20 heavy (non-hydrogen) atoms. The number of rotatable bonds is 3. The molecule has 0 aliphatic heterocycles. The fourth-order valence-corrected chi connectivity index (χ4v) is 2.39. The number of carboxylic acid groups (broad SMARTS) is 1. The Morgan fingerprint density at radius 1 is 1.20 bits per heavy atom. The lowest BCUT2D eigenvalue weighted by molar-refractivity contribution is -0.136. The molecule has 0 saturated heterocycles. The van der Waals surface area contributed by atoms with Crippen LogP contribution in [0.5, 0.6) is 0 Å². The minimum absolute atomic E-state index is 0.194. The van der Waals surface area contributed by atoms with E-state index in [1.165, 1.54) is 12.3 Å². The van der Waals surface area contributed by atoms with Crippen LogP contribution in [-0.2, 0) is 11.2 Å². The number of hydrogen-bond acceptors (Lipinski definition) is 3. The number of anilines is 1. The van der Waals surface area contributed by atoms with Crippen molar-refractivity contribution in [2.45, 2.75) is 6.42 Å². The van der Waals surface area contributed by atoms with Gasteiger partial charge in [0.15, 0.2) is 0 Å². The van der Waals surface area contributed by atoms with E-state index in [1.54, 1.807) is 12.1 Å². The zero-order valence-electron chi connectivity index (χ0n) is 10.0. The first kappa shape index (κ1) is 14.9. The van der Waals surface area contributed by atoms with Crippen molar-refractivity contribution >= 4 is 46.5 Å². The summed E-state index contributed by atoms with van der Waals surface area (Å²) in [6.07, 6.45) is 1.28. The van der Waals surface area contributed by atoms with Crippen molar-refractivity contribution in [3.63, 3.8) is 0 Å². The number of nitrogens with zero attached hydrogens (tertiary/aromatic N) is 1. The van der Waals surface area contributed by atoms with Gasteiger partial charge in [-0.1, -0.05) is 34.8 Å². The summed E-state index contributed by atoms with van der Waals surface area (Å²) >= 11 is 17.9. The van der Waals surface area contributed by atoms with E-state index >= 15 is 0 Å². The van der Waals surface area contributed by atoms with Crippen LogP contribution >= 0.6 is 34.8 Å². The van der Waals surface area contributed by atoms with E-state index < -0.39 is 5.97 Å². The Morgan fingerprint density at radius 2 is 1.85 bits per heavy atom. The van der Waals surface area contributed by atoms with E-state index in [9.17, 15) is 4.79 Å². The van der Waals surface area contributed by atoms with Gasteiger partial charge in [-0.15, -0.1) is 0 Å². The SMILES string of the molecule is Nc1c(CC(=O)O)ccnc1-c1cc(Cl)c(Cl)cc1Cl. The summed E-state index contributed by atoms with van der Waals surface area (Å²) < 4.78 is 0. The van der Waals surface area contributed by atoms with Crippen LogP contribution in [0.4, 0.5) is 5.69 Å². The fraction of sp³-hybridized carbons (Fsp3) is 0.0769. The molecule has 1 aromatic heterocycles. The molecular formula is C13H9Cl3N2O2. The molecule has 0 radical (unpaired) electrons. The number of carboxylic acids is 1. The normalized spacial score (nSPS) is 10.6. The molecule has 2 rings (SSSR count). The molecule has 0 aliphatic rings. The highest BCUT2D eigenvalue weighted by atomic mass is 35.5. The second-order valence-electron chi connectivity index (χ2n) is 4.05. The first-order valence-corrected chi connectivity index (χ1v) is 6.63. The molecule has 2 aromatic rings. The molecular weight excluding hydrogens is 323 g/mol. The Hall–Kier alpha value is -1.49. The van der Waals surface area contributed by atoms with Crippen molar-refractivity contribution in [2.75, 3.05) is 5.73 Å². The van der Waals surface area contributed by atoms with Crippen molar-refractivity contribution in [1.82, 2.24) is 4.98 Å². The van der Waals surface area contributed by atoms with Crippen LogP contribution in [0.15, 0.2) is 24.4 Å². The van der Waals surface area contributed by atoms with E-state index in [1.807, 2.05) is 0 Å². The van der Waals surface area contributed by atoms with E-state index in [4.69, 9.17) is 45.6 Å². The number of halogens is 3. The molecule has 0 bridgehead atoms. The predicted molar refractivity (Wildman–Crippen MR) is 80.5 cm³/mol. The second kappa shape index (κ2) is 5.87. The summed E-state index contributed by atoms with van der Waals surface area (Å²) in [4.78, 5) is 14.9. The van der Waals surface area contributed by atoms with Crippen LogP contribution in [0.3, 0.4) is 0 Å². The fourth-order valence-electron chi connectivity index (χ4n) is 1.75. The van der Waals surface area contributed by atoms with Crippen LogP contribution in [-0.4, -0.2) is 16.1 Å². The Bertz CT molecular complexity index is 690. The average molecular weight is 332 g/mol. The smallest absolute Gasteiger partial charge is 0.307 e. The van der Waals surface area contributed by atoms with Gasteiger partial charge in [-0.05, 0) is 23.8 Å². The lowest BCUT2D eigenvalue weighted by Crippen LogP contribution is -2.05. The van der Waals surface area contributed by atoms with Gasteiger partial charge in [-0.2, -0.15) is 0 Å². The second-order valence-corrected chi connectivity index (χ2v) is 5.27. The molecule has 0 spiro atoms. The Labute approximate surface area is 130 Å². The molecule has 0 unspecified atom stereocenters. The molecule has 0 amide bonds. The molecule has 0 atom stereocenters. The summed E-state index contributed by atoms with van der Waals surface area (Å²) in [5, 5.41) is 9.82. The number of carbonyl (C=O) groups is 1. The molecule has 0 fully saturated rings. The van der Waals surface area contributed by atoms with E-state index in [0.717, 1.165) is 0 Å². The lowest BCUT2D eigenvalue weighted by Gasteiger charge is -2.11. The van der Waals surface area contributed by atoms with Crippen LogP contribution in [0.2, 0.25) is 15.1 Å². The van der Waals surface area contributed by atoms with Gasteiger partial charge in [0.1, 0.15) is 0 Å². The first-order chi connectivity index (χ1) is 9.40. The first-order valence-electron chi connectivity index (χ1n) is 5.50. The Kier molecular flexibility index (Phi) is 4.38. The zero-order chi connectivity index (χ0) is 14.9. The largest absolute Gasteiger partial charge is 0.481 e. The monoisotopic (exact) mass is 330 g/mol. The van der Waals surface area contributed by atoms with Gasteiger partial charge in [-0.25, -0.2) is 0 Å². The summed E-state index contributed by atoms with van der Waals surface area (Å²) in [5.74, 6) is -0.978. The molecule has 1 heterocycles. The maximum atomic E-state index is 10.8. The highest BCUT2D eigenvalue weighted by Crippen LogP contribution is 2.37. The van der Waals surface area contributed by atoms with Crippen LogP contribution < -0.4 is 5.73 Å². The summed E-state index contributed by atoms with van der Waals surface area (Å²) in [5.41, 5.74) is 7.57. The minimum Gasteiger partial charge on any atom is -0.481 e. The van der Waals surface area contributed by atoms with E-state index in [0.29, 0.717) is 31.9 Å². The Balaban J connectivity index is 2.59. The summed E-state index contributed by atoms with van der Waals surface area (Å²) in [7, 11) is 0. The highest BCUT2D eigenvalue weighted by molar-refractivity contribution is 6.44. The maximum Gasteiger partial charge on any atom is 0.307 e. The molecule has 7 heteroatoms. The topological polar surface area (TPSA) is 76.2 Å². The molecule has 0 aliphatic carbocycles. The van der Waals surface area contributed by atoms with Gasteiger partial charge in [0, 0.05) is 11.8 Å². The Morgan fingerprint density at radius 3 is 2.50 bits per heavy atom. The van der Waals surface area contributed by atoms with Gasteiger partial charge in [0.25, 0.3) is 0 Å². The highest BCUT2D eigenvalue weighted by Gasteiger charge is 2.15. The van der Waals surface area contributed by atoms with Gasteiger partial charge >= 0.3 is 5.97 Å². The molecule has 0 saturated carbocycles. The zero-order valence-corrected chi connectivity index (χ0v) is 12.3. The standard InChI is InChI=1S/C13H9Cl3N2O2/c14-8-5-10(16)9(15)4-7(8)13-12(17)6(1-2-18-13)3-11(19)20/h1-2,4-5H,3,17H2,(H,19,20). The number of aliphatic carboxylic acids is 1. The van der Waals surface area contributed by atoms with E-state index in [-0.39, 0.29) is 12.1 Å². The maximum absolute atomic E-state index is 10.8. The number of nitrogen functional groups attached to an aromatic ring is 1. The number of nitrogens with two attached hydrogens (primary N) is 1. The number of hydrogen-bond donors (Lipinski definition) is 2. The third-order valence-electron chi connectivity index (χ3n) is 2.69. The lowest BCUT2D eigenvalue weighted by atomic mass is 10.0. The van der Waals surface area contributed by atoms with Crippen molar-refractivity contribution in [3.05, 3.63) is 45.0 Å². The minimum atomic E-state index is -0.978. The molecule has 1 aromatic carbocycles. The van der Waals surface area contributed by atoms with Crippen LogP contribution in [0, 0.1) is 0 Å². The third kappa shape index (κ3) is 2.98. The molecule has 3 N–H and O–H groups in total. The van der Waals surface area contributed by atoms with Crippen molar-refractivity contribution in [1.29, 1.82) is 0 Å². The third-order valence-corrected chi connectivity index (χ3v) is 3.72. The van der Waals surface area contributed by atoms with Crippen molar-refractivity contribution < 1.29 is 9.90 Å². The van der Waals surface area contributed by atoms with Gasteiger partial charge in [0.2, 0.25) is 0 Å². The van der Waals surface area contributed by atoms with Gasteiger partial charge in [-0.3, -0.25) is 9.78 Å². The molecule has 4 nitrogen and oxygen atoms in total. The van der Waals surface area contributed by atoms with Gasteiger partial charge in [0.05, 0.1) is 32.9 Å². The van der Waals surface area contributed by atoms with Crippen LogP contribution in [0.1, 0.15) is 5.56 Å². The number of benzene rings is 1. The molecule has 104 valence electrons. The van der Waals surface area contributed by atoms with Gasteiger partial charge < -0.3 is 10.8 Å².